The number of ether oxygens (including phenoxy) is 1. The van der Waals surface area contributed by atoms with Gasteiger partial charge in [-0.25, -0.2) is 4.72 Å². The van der Waals surface area contributed by atoms with Gasteiger partial charge < -0.3 is 10.1 Å². The SMILES string of the molecule is C[C@@H]1CN(S(=O)(=O)NCCCNCc2cccnc2)[C@@H](C)CO1. The molecular weight excluding hydrogens is 316 g/mol. The van der Waals surface area contributed by atoms with Crippen molar-refractivity contribution < 1.29 is 13.2 Å². The summed E-state index contributed by atoms with van der Waals surface area (Å²) in [6.45, 7) is 6.48. The van der Waals surface area contributed by atoms with E-state index in [-0.39, 0.29) is 12.1 Å². The summed E-state index contributed by atoms with van der Waals surface area (Å²) < 4.78 is 34.3. The third-order valence-corrected chi connectivity index (χ3v) is 5.42. The number of hydrogen-bond donors (Lipinski definition) is 2. The van der Waals surface area contributed by atoms with E-state index in [2.05, 4.69) is 15.0 Å². The van der Waals surface area contributed by atoms with Gasteiger partial charge in [-0.05, 0) is 38.4 Å². The first-order valence-corrected chi connectivity index (χ1v) is 9.40. The summed E-state index contributed by atoms with van der Waals surface area (Å²) in [5.74, 6) is 0. The van der Waals surface area contributed by atoms with Gasteiger partial charge in [-0.3, -0.25) is 4.98 Å². The number of nitrogens with one attached hydrogen (secondary N) is 2. The van der Waals surface area contributed by atoms with Gasteiger partial charge in [-0.15, -0.1) is 0 Å². The van der Waals surface area contributed by atoms with Crippen LogP contribution in [0.2, 0.25) is 0 Å². The third-order valence-electron chi connectivity index (χ3n) is 3.73. The first-order chi connectivity index (χ1) is 11.0. The molecular formula is C15H26N4O3S. The van der Waals surface area contributed by atoms with Crippen LogP contribution in [-0.2, 0) is 21.5 Å². The molecule has 23 heavy (non-hydrogen) atoms. The molecule has 130 valence electrons. The Hall–Kier alpha value is -1.06. The normalized spacial score (nSPS) is 23.0. The van der Waals surface area contributed by atoms with Crippen molar-refractivity contribution in [2.45, 2.75) is 39.0 Å². The zero-order valence-corrected chi connectivity index (χ0v) is 14.6. The van der Waals surface area contributed by atoms with Crippen molar-refractivity contribution >= 4 is 10.2 Å². The Balaban J connectivity index is 1.66. The van der Waals surface area contributed by atoms with Gasteiger partial charge >= 0.3 is 0 Å². The number of rotatable bonds is 8. The summed E-state index contributed by atoms with van der Waals surface area (Å²) in [5, 5.41) is 3.27. The van der Waals surface area contributed by atoms with E-state index < -0.39 is 10.2 Å². The number of hydrogen-bond acceptors (Lipinski definition) is 5. The summed E-state index contributed by atoms with van der Waals surface area (Å²) in [7, 11) is -3.44. The summed E-state index contributed by atoms with van der Waals surface area (Å²) >= 11 is 0. The fourth-order valence-electron chi connectivity index (χ4n) is 2.44. The molecule has 0 aliphatic carbocycles. The molecule has 0 aromatic carbocycles. The molecule has 2 heterocycles. The van der Waals surface area contributed by atoms with Gasteiger partial charge in [0.25, 0.3) is 10.2 Å². The molecule has 2 atom stereocenters. The van der Waals surface area contributed by atoms with Crippen LogP contribution in [-0.4, -0.2) is 56.1 Å². The van der Waals surface area contributed by atoms with Gasteiger partial charge in [0, 0.05) is 38.1 Å². The van der Waals surface area contributed by atoms with Gasteiger partial charge in [0.2, 0.25) is 0 Å². The zero-order valence-electron chi connectivity index (χ0n) is 13.7. The quantitative estimate of drug-likeness (QED) is 0.673. The predicted octanol–water partition coefficient (Wildman–Crippen LogP) is 0.505. The van der Waals surface area contributed by atoms with Crippen molar-refractivity contribution in [1.29, 1.82) is 0 Å². The lowest BCUT2D eigenvalue weighted by Gasteiger charge is -2.35. The average Bonchev–Trinajstić information content (AvgIpc) is 2.54. The van der Waals surface area contributed by atoms with Crippen LogP contribution >= 0.6 is 0 Å². The Morgan fingerprint density at radius 2 is 2.22 bits per heavy atom. The number of nitrogens with zero attached hydrogens (tertiary/aromatic N) is 2. The van der Waals surface area contributed by atoms with Crippen LogP contribution in [0.25, 0.3) is 0 Å². The highest BCUT2D eigenvalue weighted by Gasteiger charge is 2.32. The third kappa shape index (κ3) is 5.82. The lowest BCUT2D eigenvalue weighted by Crippen LogP contribution is -2.54. The smallest absolute Gasteiger partial charge is 0.279 e. The Bertz CT molecular complexity index is 567. The molecule has 1 aromatic rings. The number of aromatic nitrogens is 1. The van der Waals surface area contributed by atoms with Crippen LogP contribution in [0.5, 0.6) is 0 Å². The Kier molecular flexibility index (Phi) is 6.91. The van der Waals surface area contributed by atoms with Crippen LogP contribution in [0.15, 0.2) is 24.5 Å². The van der Waals surface area contributed by atoms with Crippen molar-refractivity contribution in [2.75, 3.05) is 26.2 Å². The van der Waals surface area contributed by atoms with Crippen molar-refractivity contribution in [3.05, 3.63) is 30.1 Å². The maximum Gasteiger partial charge on any atom is 0.279 e. The minimum atomic E-state index is -3.44. The van der Waals surface area contributed by atoms with E-state index in [1.807, 2.05) is 32.2 Å². The summed E-state index contributed by atoms with van der Waals surface area (Å²) in [4.78, 5) is 4.05. The Morgan fingerprint density at radius 1 is 1.39 bits per heavy atom. The van der Waals surface area contributed by atoms with Crippen LogP contribution in [0.1, 0.15) is 25.8 Å². The highest BCUT2D eigenvalue weighted by atomic mass is 32.2. The molecule has 0 bridgehead atoms. The van der Waals surface area contributed by atoms with Crippen LogP contribution in [0.4, 0.5) is 0 Å². The summed E-state index contributed by atoms with van der Waals surface area (Å²) in [6, 6.07) is 3.77. The first kappa shape index (κ1) is 18.3. The van der Waals surface area contributed by atoms with Crippen LogP contribution in [0.3, 0.4) is 0 Å². The molecule has 0 radical (unpaired) electrons. The molecule has 1 aromatic heterocycles. The van der Waals surface area contributed by atoms with Crippen molar-refractivity contribution in [3.63, 3.8) is 0 Å². The van der Waals surface area contributed by atoms with Crippen molar-refractivity contribution in [3.8, 4) is 0 Å². The van der Waals surface area contributed by atoms with Gasteiger partial charge in [0.05, 0.1) is 12.7 Å². The van der Waals surface area contributed by atoms with Gasteiger partial charge in [-0.2, -0.15) is 12.7 Å². The predicted molar refractivity (Wildman–Crippen MR) is 89.1 cm³/mol. The fourth-order valence-corrected chi connectivity index (χ4v) is 3.95. The monoisotopic (exact) mass is 342 g/mol. The van der Waals surface area contributed by atoms with E-state index in [9.17, 15) is 8.42 Å². The second-order valence-electron chi connectivity index (χ2n) is 5.85. The number of morpholine rings is 1. The standard InChI is InChI=1S/C15H26N4O3S/c1-13-12-22-14(2)11-19(13)23(20,21)18-8-4-7-17-10-15-5-3-6-16-9-15/h3,5-6,9,13-14,17-18H,4,7-8,10-12H2,1-2H3/t13-,14+/m0/s1. The molecule has 2 N–H and O–H groups in total. The Labute approximate surface area is 138 Å². The number of pyridine rings is 1. The van der Waals surface area contributed by atoms with Gasteiger partial charge in [0.15, 0.2) is 0 Å². The molecule has 8 heteroatoms. The second kappa shape index (κ2) is 8.70. The molecule has 1 aliphatic rings. The van der Waals surface area contributed by atoms with E-state index >= 15 is 0 Å². The van der Waals surface area contributed by atoms with Gasteiger partial charge in [-0.1, -0.05) is 6.07 Å². The largest absolute Gasteiger partial charge is 0.375 e. The molecule has 0 saturated carbocycles. The lowest BCUT2D eigenvalue weighted by atomic mass is 10.2. The molecule has 1 fully saturated rings. The van der Waals surface area contributed by atoms with Crippen LogP contribution in [0, 0.1) is 0 Å². The van der Waals surface area contributed by atoms with E-state index in [1.165, 1.54) is 4.31 Å². The van der Waals surface area contributed by atoms with E-state index in [0.29, 0.717) is 19.7 Å². The molecule has 0 amide bonds. The highest BCUT2D eigenvalue weighted by molar-refractivity contribution is 7.87. The molecule has 1 saturated heterocycles. The van der Waals surface area contributed by atoms with E-state index in [0.717, 1.165) is 25.1 Å². The summed E-state index contributed by atoms with van der Waals surface area (Å²) in [5.41, 5.74) is 1.12. The average molecular weight is 342 g/mol. The van der Waals surface area contributed by atoms with Crippen LogP contribution < -0.4 is 10.0 Å². The maximum atomic E-state index is 12.3. The fraction of sp³-hybridized carbons (Fsp3) is 0.667. The van der Waals surface area contributed by atoms with Crippen molar-refractivity contribution in [1.82, 2.24) is 19.3 Å². The Morgan fingerprint density at radius 3 is 2.96 bits per heavy atom. The highest BCUT2D eigenvalue weighted by Crippen LogP contribution is 2.14. The zero-order chi connectivity index (χ0) is 16.7. The van der Waals surface area contributed by atoms with Crippen molar-refractivity contribution in [2.24, 2.45) is 0 Å². The summed E-state index contributed by atoms with van der Waals surface area (Å²) in [6.07, 6.45) is 4.22. The lowest BCUT2D eigenvalue weighted by molar-refractivity contribution is -0.0174. The molecule has 1 aliphatic heterocycles. The minimum Gasteiger partial charge on any atom is -0.375 e. The second-order valence-corrected chi connectivity index (χ2v) is 7.56. The topological polar surface area (TPSA) is 83.6 Å². The van der Waals surface area contributed by atoms with E-state index in [1.54, 1.807) is 6.20 Å². The molecule has 0 spiro atoms. The first-order valence-electron chi connectivity index (χ1n) is 7.96. The van der Waals surface area contributed by atoms with Gasteiger partial charge in [0.1, 0.15) is 0 Å². The van der Waals surface area contributed by atoms with E-state index in [4.69, 9.17) is 4.74 Å². The minimum absolute atomic E-state index is 0.0658. The molecule has 7 nitrogen and oxygen atoms in total. The molecule has 2 rings (SSSR count). The maximum absolute atomic E-state index is 12.3. The molecule has 0 unspecified atom stereocenters.